The van der Waals surface area contributed by atoms with Crippen LogP contribution in [0.2, 0.25) is 0 Å². The van der Waals surface area contributed by atoms with Crippen LogP contribution in [0.5, 0.6) is 0 Å². The summed E-state index contributed by atoms with van der Waals surface area (Å²) in [5.41, 5.74) is 7.36. The Morgan fingerprint density at radius 3 is 2.70 bits per heavy atom. The monoisotopic (exact) mass is 275 g/mol. The summed E-state index contributed by atoms with van der Waals surface area (Å²) in [6, 6.07) is 8.77. The standard InChI is InChI=1S/C14H17N3O3/c15-11-3-5-12(6-4-11)17-8-7-13(16-17)14(19)20-10-2-1-9-18/h3-8,18H,1-2,9-10,15H2. The molecule has 0 unspecified atom stereocenters. The summed E-state index contributed by atoms with van der Waals surface area (Å²) in [6.07, 6.45) is 2.95. The number of anilines is 1. The molecule has 0 aliphatic rings. The Hall–Kier alpha value is -2.34. The number of aliphatic hydroxyl groups excluding tert-OH is 1. The average Bonchev–Trinajstić information content (AvgIpc) is 2.94. The number of aromatic nitrogens is 2. The van der Waals surface area contributed by atoms with Gasteiger partial charge in [0.2, 0.25) is 0 Å². The van der Waals surface area contributed by atoms with Crippen molar-refractivity contribution in [2.24, 2.45) is 0 Å². The Kier molecular flexibility index (Phi) is 4.73. The van der Waals surface area contributed by atoms with Gasteiger partial charge >= 0.3 is 5.97 Å². The quantitative estimate of drug-likeness (QED) is 0.472. The van der Waals surface area contributed by atoms with Crippen LogP contribution in [0.25, 0.3) is 5.69 Å². The van der Waals surface area contributed by atoms with Crippen molar-refractivity contribution in [3.8, 4) is 5.69 Å². The van der Waals surface area contributed by atoms with Crippen LogP contribution in [0, 0.1) is 0 Å². The first kappa shape index (κ1) is 14.1. The molecule has 0 bridgehead atoms. The molecule has 3 N–H and O–H groups in total. The molecule has 1 heterocycles. The van der Waals surface area contributed by atoms with Gasteiger partial charge in [-0.05, 0) is 43.2 Å². The van der Waals surface area contributed by atoms with E-state index in [1.807, 2.05) is 12.1 Å². The first-order chi connectivity index (χ1) is 9.70. The van der Waals surface area contributed by atoms with E-state index >= 15 is 0 Å². The van der Waals surface area contributed by atoms with Gasteiger partial charge in [-0.15, -0.1) is 0 Å². The minimum absolute atomic E-state index is 0.101. The van der Waals surface area contributed by atoms with E-state index in [1.54, 1.807) is 29.1 Å². The van der Waals surface area contributed by atoms with Crippen LogP contribution in [0.1, 0.15) is 23.3 Å². The van der Waals surface area contributed by atoms with Crippen molar-refractivity contribution >= 4 is 11.7 Å². The Morgan fingerprint density at radius 1 is 1.25 bits per heavy atom. The van der Waals surface area contributed by atoms with Gasteiger partial charge in [0.1, 0.15) is 0 Å². The fraction of sp³-hybridized carbons (Fsp3) is 0.286. The highest BCUT2D eigenvalue weighted by atomic mass is 16.5. The lowest BCUT2D eigenvalue weighted by Gasteiger charge is -2.02. The molecular weight excluding hydrogens is 258 g/mol. The van der Waals surface area contributed by atoms with E-state index in [0.717, 1.165) is 5.69 Å². The van der Waals surface area contributed by atoms with Crippen LogP contribution in [-0.4, -0.2) is 34.1 Å². The molecule has 0 spiro atoms. The lowest BCUT2D eigenvalue weighted by Crippen LogP contribution is -2.08. The Labute approximate surface area is 116 Å². The van der Waals surface area contributed by atoms with Gasteiger partial charge in [0.05, 0.1) is 12.3 Å². The van der Waals surface area contributed by atoms with Gasteiger partial charge in [-0.3, -0.25) is 0 Å². The number of carbonyl (C=O) groups excluding carboxylic acids is 1. The molecule has 0 aliphatic carbocycles. The van der Waals surface area contributed by atoms with Gasteiger partial charge in [0.15, 0.2) is 5.69 Å². The number of aliphatic hydroxyl groups is 1. The largest absolute Gasteiger partial charge is 0.461 e. The minimum atomic E-state index is -0.461. The maximum absolute atomic E-state index is 11.7. The second-order valence-corrected chi connectivity index (χ2v) is 4.30. The molecule has 6 nitrogen and oxygen atoms in total. The second-order valence-electron chi connectivity index (χ2n) is 4.30. The van der Waals surface area contributed by atoms with Crippen LogP contribution < -0.4 is 5.73 Å². The molecular formula is C14H17N3O3. The number of carbonyl (C=O) groups is 1. The number of hydrogen-bond donors (Lipinski definition) is 2. The summed E-state index contributed by atoms with van der Waals surface area (Å²) in [6.45, 7) is 0.386. The SMILES string of the molecule is Nc1ccc(-n2ccc(C(=O)OCCCCO)n2)cc1. The fourth-order valence-corrected chi connectivity index (χ4v) is 1.66. The summed E-state index contributed by atoms with van der Waals surface area (Å²) in [5.74, 6) is -0.461. The molecule has 0 saturated heterocycles. The molecule has 2 aromatic rings. The predicted molar refractivity (Wildman–Crippen MR) is 74.6 cm³/mol. The third-order valence-corrected chi connectivity index (χ3v) is 2.74. The summed E-state index contributed by atoms with van der Waals surface area (Å²) < 4.78 is 6.64. The number of esters is 1. The van der Waals surface area contributed by atoms with Crippen molar-refractivity contribution in [1.82, 2.24) is 9.78 Å². The van der Waals surface area contributed by atoms with E-state index in [4.69, 9.17) is 15.6 Å². The first-order valence-electron chi connectivity index (χ1n) is 6.40. The van der Waals surface area contributed by atoms with Crippen molar-refractivity contribution < 1.29 is 14.6 Å². The maximum atomic E-state index is 11.7. The molecule has 0 fully saturated rings. The Bertz CT molecular complexity index is 563. The topological polar surface area (TPSA) is 90.4 Å². The average molecular weight is 275 g/mol. The molecule has 0 aliphatic heterocycles. The van der Waals surface area contributed by atoms with E-state index in [0.29, 0.717) is 18.5 Å². The zero-order valence-corrected chi connectivity index (χ0v) is 11.0. The van der Waals surface area contributed by atoms with Gasteiger partial charge in [-0.25, -0.2) is 9.48 Å². The van der Waals surface area contributed by atoms with Crippen molar-refractivity contribution in [1.29, 1.82) is 0 Å². The summed E-state index contributed by atoms with van der Waals surface area (Å²) in [5, 5.41) is 12.8. The summed E-state index contributed by atoms with van der Waals surface area (Å²) >= 11 is 0. The molecule has 0 radical (unpaired) electrons. The molecule has 0 amide bonds. The maximum Gasteiger partial charge on any atom is 0.358 e. The van der Waals surface area contributed by atoms with Crippen molar-refractivity contribution in [2.45, 2.75) is 12.8 Å². The van der Waals surface area contributed by atoms with Crippen molar-refractivity contribution in [2.75, 3.05) is 18.9 Å². The smallest absolute Gasteiger partial charge is 0.358 e. The van der Waals surface area contributed by atoms with E-state index in [9.17, 15) is 4.79 Å². The number of hydrogen-bond acceptors (Lipinski definition) is 5. The molecule has 0 saturated carbocycles. The predicted octanol–water partition coefficient (Wildman–Crippen LogP) is 1.38. The van der Waals surface area contributed by atoms with Gasteiger partial charge in [0.25, 0.3) is 0 Å². The van der Waals surface area contributed by atoms with Crippen LogP contribution in [0.3, 0.4) is 0 Å². The number of nitrogen functional groups attached to an aromatic ring is 1. The number of rotatable bonds is 6. The number of nitrogens with zero attached hydrogens (tertiary/aromatic N) is 2. The lowest BCUT2D eigenvalue weighted by molar-refractivity contribution is 0.0485. The third-order valence-electron chi connectivity index (χ3n) is 2.74. The molecule has 1 aromatic carbocycles. The normalized spacial score (nSPS) is 10.4. The van der Waals surface area contributed by atoms with Crippen molar-refractivity contribution in [3.05, 3.63) is 42.2 Å². The third kappa shape index (κ3) is 3.58. The fourth-order valence-electron chi connectivity index (χ4n) is 1.66. The van der Waals surface area contributed by atoms with E-state index < -0.39 is 5.97 Å². The Morgan fingerprint density at radius 2 is 2.00 bits per heavy atom. The van der Waals surface area contributed by atoms with E-state index in [1.165, 1.54) is 0 Å². The van der Waals surface area contributed by atoms with Crippen LogP contribution in [0.15, 0.2) is 36.5 Å². The zero-order valence-electron chi connectivity index (χ0n) is 11.0. The molecule has 2 rings (SSSR count). The van der Waals surface area contributed by atoms with E-state index in [-0.39, 0.29) is 18.9 Å². The van der Waals surface area contributed by atoms with Crippen LogP contribution in [-0.2, 0) is 4.74 Å². The lowest BCUT2D eigenvalue weighted by atomic mass is 10.3. The van der Waals surface area contributed by atoms with Gasteiger partial charge < -0.3 is 15.6 Å². The molecule has 20 heavy (non-hydrogen) atoms. The van der Waals surface area contributed by atoms with Gasteiger partial charge in [0, 0.05) is 18.5 Å². The molecule has 106 valence electrons. The highest BCUT2D eigenvalue weighted by Crippen LogP contribution is 2.11. The zero-order chi connectivity index (χ0) is 14.4. The highest BCUT2D eigenvalue weighted by molar-refractivity contribution is 5.87. The van der Waals surface area contributed by atoms with Crippen molar-refractivity contribution in [3.63, 3.8) is 0 Å². The minimum Gasteiger partial charge on any atom is -0.461 e. The van der Waals surface area contributed by atoms with Crippen LogP contribution in [0.4, 0.5) is 5.69 Å². The number of unbranched alkanes of at least 4 members (excludes halogenated alkanes) is 1. The summed E-state index contributed by atoms with van der Waals surface area (Å²) in [4.78, 5) is 11.7. The second kappa shape index (κ2) is 6.72. The number of nitrogens with two attached hydrogens (primary N) is 1. The highest BCUT2D eigenvalue weighted by Gasteiger charge is 2.11. The van der Waals surface area contributed by atoms with Gasteiger partial charge in [-0.1, -0.05) is 0 Å². The number of ether oxygens (including phenoxy) is 1. The summed E-state index contributed by atoms with van der Waals surface area (Å²) in [7, 11) is 0. The van der Waals surface area contributed by atoms with E-state index in [2.05, 4.69) is 5.10 Å². The molecule has 1 aromatic heterocycles. The molecule has 6 heteroatoms. The number of benzene rings is 1. The van der Waals surface area contributed by atoms with Gasteiger partial charge in [-0.2, -0.15) is 5.10 Å². The first-order valence-corrected chi connectivity index (χ1v) is 6.40. The van der Waals surface area contributed by atoms with Crippen LogP contribution >= 0.6 is 0 Å². The Balaban J connectivity index is 1.98. The molecule has 0 atom stereocenters.